The Bertz CT molecular complexity index is 2000. The highest BCUT2D eigenvalue weighted by molar-refractivity contribution is 6.10. The molecule has 6 heteroatoms. The molecule has 0 atom stereocenters. The molecular weight excluding hydrogens is 545 g/mol. The third-order valence-electron chi connectivity index (χ3n) is 7.47. The second-order valence-corrected chi connectivity index (χ2v) is 10.2. The Hall–Kier alpha value is -5.49. The smallest absolute Gasteiger partial charge is 0.416 e. The van der Waals surface area contributed by atoms with E-state index in [9.17, 15) is 13.2 Å². The van der Waals surface area contributed by atoms with Gasteiger partial charge in [-0.25, -0.2) is 0 Å². The van der Waals surface area contributed by atoms with E-state index in [1.807, 2.05) is 120 Å². The molecule has 6 aromatic carbocycles. The quantitative estimate of drug-likeness (QED) is 0.198. The SMILES string of the molecule is FC(F)(F)c1ccc(N(c2ccccc2)c2ccc(N(c3ccccc3)c3cccc4c3oc3ccccc34)cc2)cc1. The largest absolute Gasteiger partial charge is 0.454 e. The zero-order chi connectivity index (χ0) is 29.4. The van der Waals surface area contributed by atoms with Gasteiger partial charge in [0.05, 0.1) is 11.3 Å². The van der Waals surface area contributed by atoms with Crippen molar-refractivity contribution >= 4 is 56.1 Å². The van der Waals surface area contributed by atoms with Gasteiger partial charge >= 0.3 is 6.18 Å². The predicted octanol–water partition coefficient (Wildman–Crippen LogP) is 11.5. The van der Waals surface area contributed by atoms with E-state index in [-0.39, 0.29) is 0 Å². The number of benzene rings is 6. The lowest BCUT2D eigenvalue weighted by Crippen LogP contribution is -2.12. The molecule has 1 heterocycles. The molecule has 7 rings (SSSR count). The number of anilines is 6. The highest BCUT2D eigenvalue weighted by Crippen LogP contribution is 2.43. The van der Waals surface area contributed by atoms with Crippen LogP contribution < -0.4 is 9.80 Å². The van der Waals surface area contributed by atoms with E-state index in [1.165, 1.54) is 12.1 Å². The molecule has 0 saturated carbocycles. The Morgan fingerprint density at radius 3 is 1.49 bits per heavy atom. The minimum atomic E-state index is -4.40. The fourth-order valence-electron chi connectivity index (χ4n) is 5.49. The average molecular weight is 571 g/mol. The van der Waals surface area contributed by atoms with Crippen molar-refractivity contribution in [2.24, 2.45) is 0 Å². The second kappa shape index (κ2) is 10.7. The Morgan fingerprint density at radius 2 is 0.884 bits per heavy atom. The van der Waals surface area contributed by atoms with Gasteiger partial charge in [-0.2, -0.15) is 13.2 Å². The van der Waals surface area contributed by atoms with E-state index in [2.05, 4.69) is 17.0 Å². The summed E-state index contributed by atoms with van der Waals surface area (Å²) in [7, 11) is 0. The van der Waals surface area contributed by atoms with E-state index in [0.29, 0.717) is 5.69 Å². The summed E-state index contributed by atoms with van der Waals surface area (Å²) in [6.45, 7) is 0. The molecule has 3 nitrogen and oxygen atoms in total. The van der Waals surface area contributed by atoms with E-state index >= 15 is 0 Å². The standard InChI is InChI=1S/C37H25F3N2O/c38-37(39,40)26-18-20-29(21-19-26)41(27-10-3-1-4-11-27)30-22-24-31(25-23-30)42(28-12-5-2-6-13-28)34-16-9-15-33-32-14-7-8-17-35(32)43-36(33)34/h1-25H. The van der Waals surface area contributed by atoms with Crippen molar-refractivity contribution in [2.45, 2.75) is 6.18 Å². The van der Waals surface area contributed by atoms with Crippen LogP contribution in [-0.4, -0.2) is 0 Å². The number of furan rings is 1. The molecule has 0 unspecified atom stereocenters. The number of nitrogens with zero attached hydrogens (tertiary/aromatic N) is 2. The van der Waals surface area contributed by atoms with Gasteiger partial charge in [-0.05, 0) is 84.9 Å². The van der Waals surface area contributed by atoms with Gasteiger partial charge in [0.1, 0.15) is 5.58 Å². The second-order valence-electron chi connectivity index (χ2n) is 10.2. The number of hydrogen-bond donors (Lipinski definition) is 0. The van der Waals surface area contributed by atoms with Crippen LogP contribution >= 0.6 is 0 Å². The Morgan fingerprint density at radius 1 is 0.419 bits per heavy atom. The molecule has 0 radical (unpaired) electrons. The normalized spacial score (nSPS) is 11.6. The van der Waals surface area contributed by atoms with Gasteiger partial charge in [0.15, 0.2) is 5.58 Å². The molecule has 210 valence electrons. The van der Waals surface area contributed by atoms with Crippen LogP contribution in [0.1, 0.15) is 5.56 Å². The average Bonchev–Trinajstić information content (AvgIpc) is 3.43. The Balaban J connectivity index is 1.34. The topological polar surface area (TPSA) is 19.6 Å². The van der Waals surface area contributed by atoms with Crippen LogP contribution in [0.4, 0.5) is 47.3 Å². The lowest BCUT2D eigenvalue weighted by atomic mass is 10.1. The molecule has 1 aromatic heterocycles. The summed E-state index contributed by atoms with van der Waals surface area (Å²) in [5.74, 6) is 0. The van der Waals surface area contributed by atoms with Crippen molar-refractivity contribution in [3.05, 3.63) is 157 Å². The number of hydrogen-bond acceptors (Lipinski definition) is 3. The lowest BCUT2D eigenvalue weighted by molar-refractivity contribution is -0.137. The third kappa shape index (κ3) is 4.97. The van der Waals surface area contributed by atoms with Gasteiger partial charge in [-0.1, -0.05) is 66.7 Å². The third-order valence-corrected chi connectivity index (χ3v) is 7.47. The van der Waals surface area contributed by atoms with E-state index < -0.39 is 11.7 Å². The van der Waals surface area contributed by atoms with Crippen LogP contribution in [0.3, 0.4) is 0 Å². The first-order valence-corrected chi connectivity index (χ1v) is 13.9. The van der Waals surface area contributed by atoms with E-state index in [0.717, 1.165) is 62.5 Å². The van der Waals surface area contributed by atoms with Crippen LogP contribution in [0, 0.1) is 0 Å². The molecule has 0 N–H and O–H groups in total. The summed E-state index contributed by atoms with van der Waals surface area (Å²) in [4.78, 5) is 4.09. The lowest BCUT2D eigenvalue weighted by Gasteiger charge is -2.28. The van der Waals surface area contributed by atoms with Crippen molar-refractivity contribution in [1.82, 2.24) is 0 Å². The summed E-state index contributed by atoms with van der Waals surface area (Å²) in [5, 5.41) is 2.08. The summed E-state index contributed by atoms with van der Waals surface area (Å²) in [5.41, 5.74) is 5.96. The molecular formula is C37H25F3N2O. The van der Waals surface area contributed by atoms with Gasteiger partial charge in [0.25, 0.3) is 0 Å². The van der Waals surface area contributed by atoms with Crippen LogP contribution in [0.2, 0.25) is 0 Å². The monoisotopic (exact) mass is 570 g/mol. The number of fused-ring (bicyclic) bond motifs is 3. The Labute approximate surface area is 246 Å². The molecule has 0 aliphatic heterocycles. The molecule has 0 spiro atoms. The highest BCUT2D eigenvalue weighted by Gasteiger charge is 2.30. The van der Waals surface area contributed by atoms with Crippen LogP contribution in [0.5, 0.6) is 0 Å². The minimum absolute atomic E-state index is 0.624. The van der Waals surface area contributed by atoms with Crippen molar-refractivity contribution in [3.63, 3.8) is 0 Å². The molecule has 0 fully saturated rings. The van der Waals surface area contributed by atoms with Crippen molar-refractivity contribution in [2.75, 3.05) is 9.80 Å². The van der Waals surface area contributed by atoms with Gasteiger partial charge < -0.3 is 14.2 Å². The number of para-hydroxylation sites is 4. The first kappa shape index (κ1) is 26.4. The molecule has 7 aromatic rings. The van der Waals surface area contributed by atoms with Gasteiger partial charge in [0, 0.05) is 39.2 Å². The van der Waals surface area contributed by atoms with E-state index in [4.69, 9.17) is 4.42 Å². The molecule has 0 amide bonds. The first-order valence-electron chi connectivity index (χ1n) is 13.9. The molecule has 0 aliphatic carbocycles. The summed E-state index contributed by atoms with van der Waals surface area (Å²) < 4.78 is 46.3. The summed E-state index contributed by atoms with van der Waals surface area (Å²) >= 11 is 0. The van der Waals surface area contributed by atoms with Crippen molar-refractivity contribution in [1.29, 1.82) is 0 Å². The molecule has 0 aliphatic rings. The molecule has 0 bridgehead atoms. The van der Waals surface area contributed by atoms with Crippen LogP contribution in [0.25, 0.3) is 21.9 Å². The number of alkyl halides is 3. The van der Waals surface area contributed by atoms with Crippen LogP contribution in [0.15, 0.2) is 156 Å². The predicted molar refractivity (Wildman–Crippen MR) is 168 cm³/mol. The van der Waals surface area contributed by atoms with Crippen molar-refractivity contribution in [3.8, 4) is 0 Å². The molecule has 43 heavy (non-hydrogen) atoms. The van der Waals surface area contributed by atoms with Gasteiger partial charge in [-0.3, -0.25) is 0 Å². The first-order chi connectivity index (χ1) is 21.0. The number of rotatable bonds is 6. The molecule has 0 saturated heterocycles. The summed E-state index contributed by atoms with van der Waals surface area (Å²) in [6.07, 6.45) is -4.40. The maximum Gasteiger partial charge on any atom is 0.416 e. The van der Waals surface area contributed by atoms with Gasteiger partial charge in [-0.15, -0.1) is 0 Å². The van der Waals surface area contributed by atoms with E-state index in [1.54, 1.807) is 0 Å². The van der Waals surface area contributed by atoms with Crippen LogP contribution in [-0.2, 0) is 6.18 Å². The zero-order valence-corrected chi connectivity index (χ0v) is 22.9. The fourth-order valence-corrected chi connectivity index (χ4v) is 5.49. The minimum Gasteiger partial charge on any atom is -0.454 e. The van der Waals surface area contributed by atoms with Crippen molar-refractivity contribution < 1.29 is 17.6 Å². The number of halogens is 3. The Kier molecular flexibility index (Phi) is 6.59. The maximum atomic E-state index is 13.3. The zero-order valence-electron chi connectivity index (χ0n) is 22.9. The highest BCUT2D eigenvalue weighted by atomic mass is 19.4. The maximum absolute atomic E-state index is 13.3. The summed E-state index contributed by atoms with van der Waals surface area (Å²) in [6, 6.07) is 47.1. The fraction of sp³-hybridized carbons (Fsp3) is 0.0270. The van der Waals surface area contributed by atoms with Gasteiger partial charge in [0.2, 0.25) is 0 Å².